The van der Waals surface area contributed by atoms with Crippen molar-refractivity contribution < 1.29 is 17.9 Å². The standard InChI is InChI=1S/C14H22N2O4S/c1-5-10(3)16(6-2)21(18,19)13-8-7-11(9-12(13)15)14(17)20-4/h7-10H,5-6,15H2,1-4H3. The highest BCUT2D eigenvalue weighted by atomic mass is 32.2. The molecule has 1 rings (SSSR count). The predicted molar refractivity (Wildman–Crippen MR) is 81.5 cm³/mol. The molecule has 0 radical (unpaired) electrons. The summed E-state index contributed by atoms with van der Waals surface area (Å²) in [7, 11) is -2.43. The molecule has 0 heterocycles. The number of carbonyl (C=O) groups excluding carboxylic acids is 1. The third-order valence-electron chi connectivity index (χ3n) is 3.41. The van der Waals surface area contributed by atoms with Crippen LogP contribution in [-0.4, -0.2) is 38.4 Å². The van der Waals surface area contributed by atoms with Gasteiger partial charge in [-0.1, -0.05) is 13.8 Å². The number of rotatable bonds is 6. The van der Waals surface area contributed by atoms with Crippen molar-refractivity contribution in [3.05, 3.63) is 23.8 Å². The number of nitrogens with two attached hydrogens (primary N) is 1. The number of hydrogen-bond acceptors (Lipinski definition) is 5. The zero-order valence-corrected chi connectivity index (χ0v) is 13.6. The third-order valence-corrected chi connectivity index (χ3v) is 5.57. The topological polar surface area (TPSA) is 89.7 Å². The number of benzene rings is 1. The van der Waals surface area contributed by atoms with Crippen molar-refractivity contribution in [2.75, 3.05) is 19.4 Å². The Bertz CT molecular complexity index is 613. The summed E-state index contributed by atoms with van der Waals surface area (Å²) in [5, 5.41) is 0. The molecule has 1 atom stereocenters. The van der Waals surface area contributed by atoms with Gasteiger partial charge in [0.25, 0.3) is 0 Å². The summed E-state index contributed by atoms with van der Waals surface area (Å²) < 4.78 is 31.3. The number of sulfonamides is 1. The van der Waals surface area contributed by atoms with Crippen molar-refractivity contribution in [1.29, 1.82) is 0 Å². The lowest BCUT2D eigenvalue weighted by Crippen LogP contribution is -2.38. The molecule has 2 N–H and O–H groups in total. The number of esters is 1. The van der Waals surface area contributed by atoms with Gasteiger partial charge >= 0.3 is 5.97 Å². The van der Waals surface area contributed by atoms with E-state index in [9.17, 15) is 13.2 Å². The zero-order chi connectivity index (χ0) is 16.2. The quantitative estimate of drug-likeness (QED) is 0.639. The van der Waals surface area contributed by atoms with Crippen LogP contribution in [0.2, 0.25) is 0 Å². The van der Waals surface area contributed by atoms with Crippen LogP contribution in [0.5, 0.6) is 0 Å². The first-order chi connectivity index (χ1) is 9.79. The summed E-state index contributed by atoms with van der Waals surface area (Å²) in [6, 6.07) is 3.95. The van der Waals surface area contributed by atoms with Crippen molar-refractivity contribution in [1.82, 2.24) is 4.31 Å². The van der Waals surface area contributed by atoms with Crippen LogP contribution < -0.4 is 5.73 Å². The highest BCUT2D eigenvalue weighted by molar-refractivity contribution is 7.89. The van der Waals surface area contributed by atoms with Crippen LogP contribution >= 0.6 is 0 Å². The number of carbonyl (C=O) groups is 1. The third kappa shape index (κ3) is 3.54. The molecule has 1 aromatic rings. The Morgan fingerprint density at radius 1 is 1.38 bits per heavy atom. The van der Waals surface area contributed by atoms with Gasteiger partial charge in [-0.3, -0.25) is 0 Å². The van der Waals surface area contributed by atoms with Crippen molar-refractivity contribution in [3.8, 4) is 0 Å². The minimum Gasteiger partial charge on any atom is -0.465 e. The fourth-order valence-corrected chi connectivity index (χ4v) is 3.89. The van der Waals surface area contributed by atoms with Crippen molar-refractivity contribution in [2.24, 2.45) is 0 Å². The van der Waals surface area contributed by atoms with Gasteiger partial charge < -0.3 is 10.5 Å². The van der Waals surface area contributed by atoms with Crippen LogP contribution in [0.4, 0.5) is 5.69 Å². The maximum absolute atomic E-state index is 12.7. The van der Waals surface area contributed by atoms with E-state index in [1.165, 1.54) is 29.6 Å². The Morgan fingerprint density at radius 3 is 2.43 bits per heavy atom. The van der Waals surface area contributed by atoms with Crippen LogP contribution in [0.1, 0.15) is 37.6 Å². The first-order valence-corrected chi connectivity index (χ1v) is 8.23. The molecule has 0 aliphatic carbocycles. The molecular formula is C14H22N2O4S. The lowest BCUT2D eigenvalue weighted by molar-refractivity contribution is 0.0600. The van der Waals surface area contributed by atoms with Gasteiger partial charge in [-0.2, -0.15) is 4.31 Å². The molecule has 0 fully saturated rings. The average Bonchev–Trinajstić information content (AvgIpc) is 2.46. The van der Waals surface area contributed by atoms with Gasteiger partial charge in [0.1, 0.15) is 4.90 Å². The van der Waals surface area contributed by atoms with Crippen molar-refractivity contribution >= 4 is 21.7 Å². The molecule has 0 aromatic heterocycles. The Morgan fingerprint density at radius 2 is 2.00 bits per heavy atom. The summed E-state index contributed by atoms with van der Waals surface area (Å²) in [6.45, 7) is 5.91. The van der Waals surface area contributed by atoms with Gasteiger partial charge in [0.2, 0.25) is 10.0 Å². The fourth-order valence-electron chi connectivity index (χ4n) is 2.08. The van der Waals surface area contributed by atoms with E-state index in [0.29, 0.717) is 13.0 Å². The van der Waals surface area contributed by atoms with Gasteiger partial charge in [-0.05, 0) is 31.5 Å². The van der Waals surface area contributed by atoms with E-state index in [-0.39, 0.29) is 22.2 Å². The van der Waals surface area contributed by atoms with E-state index >= 15 is 0 Å². The van der Waals surface area contributed by atoms with E-state index < -0.39 is 16.0 Å². The van der Waals surface area contributed by atoms with Crippen LogP contribution in [-0.2, 0) is 14.8 Å². The summed E-state index contributed by atoms with van der Waals surface area (Å²) in [5.41, 5.74) is 6.08. The number of nitrogen functional groups attached to an aromatic ring is 1. The lowest BCUT2D eigenvalue weighted by Gasteiger charge is -2.26. The molecule has 0 aliphatic rings. The van der Waals surface area contributed by atoms with Gasteiger partial charge in [-0.25, -0.2) is 13.2 Å². The van der Waals surface area contributed by atoms with E-state index in [2.05, 4.69) is 4.74 Å². The molecule has 118 valence electrons. The summed E-state index contributed by atoms with van der Waals surface area (Å²) >= 11 is 0. The molecule has 0 saturated carbocycles. The number of hydrogen-bond donors (Lipinski definition) is 1. The number of anilines is 1. The molecule has 0 spiro atoms. The first-order valence-electron chi connectivity index (χ1n) is 6.79. The van der Waals surface area contributed by atoms with Crippen LogP contribution in [0.15, 0.2) is 23.1 Å². The number of nitrogens with zero attached hydrogens (tertiary/aromatic N) is 1. The second kappa shape index (κ2) is 6.91. The van der Waals surface area contributed by atoms with Gasteiger partial charge in [0.05, 0.1) is 18.4 Å². The minimum atomic E-state index is -3.69. The number of ether oxygens (including phenoxy) is 1. The first kappa shape index (κ1) is 17.5. The van der Waals surface area contributed by atoms with Crippen LogP contribution in [0, 0.1) is 0 Å². The highest BCUT2D eigenvalue weighted by Crippen LogP contribution is 2.25. The minimum absolute atomic E-state index is 0.0114. The van der Waals surface area contributed by atoms with E-state index in [1.54, 1.807) is 6.92 Å². The molecule has 7 heteroatoms. The van der Waals surface area contributed by atoms with Crippen molar-refractivity contribution in [2.45, 2.75) is 38.1 Å². The van der Waals surface area contributed by atoms with E-state index in [4.69, 9.17) is 5.73 Å². The maximum Gasteiger partial charge on any atom is 0.337 e. The van der Waals surface area contributed by atoms with Gasteiger partial charge in [-0.15, -0.1) is 0 Å². The van der Waals surface area contributed by atoms with E-state index in [1.807, 2.05) is 13.8 Å². The molecule has 1 aromatic carbocycles. The Hall–Kier alpha value is -1.60. The molecule has 0 saturated heterocycles. The lowest BCUT2D eigenvalue weighted by atomic mass is 10.2. The molecule has 6 nitrogen and oxygen atoms in total. The summed E-state index contributed by atoms with van der Waals surface area (Å²) in [5.74, 6) is -0.556. The Balaban J connectivity index is 3.29. The molecule has 21 heavy (non-hydrogen) atoms. The van der Waals surface area contributed by atoms with E-state index in [0.717, 1.165) is 0 Å². The number of methoxy groups -OCH3 is 1. The molecule has 0 amide bonds. The normalized spacial score (nSPS) is 13.2. The smallest absolute Gasteiger partial charge is 0.337 e. The molecule has 0 bridgehead atoms. The van der Waals surface area contributed by atoms with Crippen LogP contribution in [0.3, 0.4) is 0 Å². The second-order valence-corrected chi connectivity index (χ2v) is 6.57. The van der Waals surface area contributed by atoms with Gasteiger partial charge in [0, 0.05) is 12.6 Å². The van der Waals surface area contributed by atoms with Crippen LogP contribution in [0.25, 0.3) is 0 Å². The Kier molecular flexibility index (Phi) is 5.74. The summed E-state index contributed by atoms with van der Waals surface area (Å²) in [4.78, 5) is 11.4. The zero-order valence-electron chi connectivity index (χ0n) is 12.8. The predicted octanol–water partition coefficient (Wildman–Crippen LogP) is 1.86. The van der Waals surface area contributed by atoms with Crippen molar-refractivity contribution in [3.63, 3.8) is 0 Å². The van der Waals surface area contributed by atoms with Gasteiger partial charge in [0.15, 0.2) is 0 Å². The Labute approximate surface area is 125 Å². The SMILES string of the molecule is CCC(C)N(CC)S(=O)(=O)c1ccc(C(=O)OC)cc1N. The largest absolute Gasteiger partial charge is 0.465 e. The monoisotopic (exact) mass is 314 g/mol. The fraction of sp³-hybridized carbons (Fsp3) is 0.500. The molecular weight excluding hydrogens is 292 g/mol. The maximum atomic E-state index is 12.7. The molecule has 1 unspecified atom stereocenters. The highest BCUT2D eigenvalue weighted by Gasteiger charge is 2.29. The average molecular weight is 314 g/mol. The molecule has 0 aliphatic heterocycles. The summed E-state index contributed by atoms with van der Waals surface area (Å²) in [6.07, 6.45) is 0.702. The second-order valence-electron chi connectivity index (χ2n) is 4.71.